The molecule has 1 aromatic carbocycles. The zero-order valence-corrected chi connectivity index (χ0v) is 15.2. The molecule has 8 heteroatoms. The van der Waals surface area contributed by atoms with E-state index in [0.29, 0.717) is 22.9 Å². The quantitative estimate of drug-likeness (QED) is 0.457. The third kappa shape index (κ3) is 3.49. The number of rotatable bonds is 5. The molecule has 25 heavy (non-hydrogen) atoms. The Labute approximate surface area is 152 Å². The molecule has 0 bridgehead atoms. The second-order valence-electron chi connectivity index (χ2n) is 5.43. The average Bonchev–Trinajstić information content (AvgIpc) is 3.35. The lowest BCUT2D eigenvalue weighted by atomic mass is 10.1. The lowest BCUT2D eigenvalue weighted by Gasteiger charge is -2.01. The molecule has 6 nitrogen and oxygen atoms in total. The number of thiophene rings is 1. The van der Waals surface area contributed by atoms with E-state index in [9.17, 15) is 0 Å². The predicted molar refractivity (Wildman–Crippen MR) is 96.4 cm³/mol. The van der Waals surface area contributed by atoms with Crippen LogP contribution in [0.1, 0.15) is 23.6 Å². The Bertz CT molecular complexity index is 978. The standard InChI is InChI=1S/C17H14N4O2S2/c1-10-5-3-6-12(9-10)15-19-21-17(23-15)25-11(2)14-18-20-16(22-14)13-7-4-8-24-13/h3-9,11H,1-2H3/t11-/m1/s1. The summed E-state index contributed by atoms with van der Waals surface area (Å²) in [6.45, 7) is 3.99. The van der Waals surface area contributed by atoms with Crippen LogP contribution in [0.2, 0.25) is 0 Å². The van der Waals surface area contributed by atoms with E-state index < -0.39 is 0 Å². The molecule has 4 aromatic rings. The van der Waals surface area contributed by atoms with E-state index in [-0.39, 0.29) is 5.25 Å². The van der Waals surface area contributed by atoms with Crippen LogP contribution in [0.25, 0.3) is 22.2 Å². The Balaban J connectivity index is 1.49. The van der Waals surface area contributed by atoms with E-state index in [1.54, 1.807) is 11.3 Å². The number of nitrogens with zero attached hydrogens (tertiary/aromatic N) is 4. The summed E-state index contributed by atoms with van der Waals surface area (Å²) in [5, 5.41) is 18.8. The molecule has 1 atom stereocenters. The molecule has 0 unspecified atom stereocenters. The molecule has 126 valence electrons. The van der Waals surface area contributed by atoms with Crippen molar-refractivity contribution in [3.8, 4) is 22.2 Å². The molecule has 0 saturated heterocycles. The largest absolute Gasteiger partial charge is 0.419 e. The van der Waals surface area contributed by atoms with E-state index in [0.717, 1.165) is 16.0 Å². The van der Waals surface area contributed by atoms with E-state index in [1.807, 2.05) is 55.6 Å². The Morgan fingerprint density at radius 2 is 1.88 bits per heavy atom. The van der Waals surface area contributed by atoms with E-state index >= 15 is 0 Å². The van der Waals surface area contributed by atoms with Gasteiger partial charge in [-0.25, -0.2) is 0 Å². The van der Waals surface area contributed by atoms with Crippen molar-refractivity contribution in [2.75, 3.05) is 0 Å². The molecule has 0 N–H and O–H groups in total. The first-order chi connectivity index (χ1) is 12.2. The van der Waals surface area contributed by atoms with Crippen LogP contribution < -0.4 is 0 Å². The second-order valence-corrected chi connectivity index (χ2v) is 7.67. The molecule has 0 fully saturated rings. The van der Waals surface area contributed by atoms with Crippen molar-refractivity contribution in [2.45, 2.75) is 24.3 Å². The molecule has 0 radical (unpaired) electrons. The Morgan fingerprint density at radius 1 is 1.00 bits per heavy atom. The first kappa shape index (κ1) is 16.0. The van der Waals surface area contributed by atoms with Gasteiger partial charge in [0.25, 0.3) is 11.1 Å². The number of aryl methyl sites for hydroxylation is 1. The lowest BCUT2D eigenvalue weighted by Crippen LogP contribution is -1.88. The van der Waals surface area contributed by atoms with E-state index in [2.05, 4.69) is 20.4 Å². The maximum absolute atomic E-state index is 5.75. The van der Waals surface area contributed by atoms with Crippen molar-refractivity contribution >= 4 is 23.1 Å². The van der Waals surface area contributed by atoms with Gasteiger partial charge < -0.3 is 8.83 Å². The van der Waals surface area contributed by atoms with Crippen LogP contribution in [0.5, 0.6) is 0 Å². The third-order valence-electron chi connectivity index (χ3n) is 3.47. The van der Waals surface area contributed by atoms with Crippen LogP contribution in [0.15, 0.2) is 55.8 Å². The van der Waals surface area contributed by atoms with Gasteiger partial charge >= 0.3 is 0 Å². The van der Waals surface area contributed by atoms with Crippen molar-refractivity contribution in [2.24, 2.45) is 0 Å². The van der Waals surface area contributed by atoms with Gasteiger partial charge in [-0.15, -0.1) is 31.7 Å². The molecule has 3 heterocycles. The SMILES string of the molecule is Cc1cccc(-c2nnc(S[C@H](C)c3nnc(-c4cccs4)o3)o2)c1. The zero-order valence-electron chi connectivity index (χ0n) is 13.5. The summed E-state index contributed by atoms with van der Waals surface area (Å²) in [6.07, 6.45) is 0. The molecule has 0 spiro atoms. The summed E-state index contributed by atoms with van der Waals surface area (Å²) in [5.41, 5.74) is 2.05. The molecular formula is C17H14N4O2S2. The van der Waals surface area contributed by atoms with E-state index in [1.165, 1.54) is 11.8 Å². The highest BCUT2D eigenvalue weighted by atomic mass is 32.2. The summed E-state index contributed by atoms with van der Waals surface area (Å²) in [7, 11) is 0. The summed E-state index contributed by atoms with van der Waals surface area (Å²) in [4.78, 5) is 0.954. The highest BCUT2D eigenvalue weighted by Crippen LogP contribution is 2.36. The zero-order chi connectivity index (χ0) is 17.2. The fraction of sp³-hybridized carbons (Fsp3) is 0.176. The van der Waals surface area contributed by atoms with Crippen molar-refractivity contribution in [3.63, 3.8) is 0 Å². The topological polar surface area (TPSA) is 77.8 Å². The van der Waals surface area contributed by atoms with Crippen LogP contribution in [0, 0.1) is 6.92 Å². The summed E-state index contributed by atoms with van der Waals surface area (Å²) >= 11 is 2.96. The van der Waals surface area contributed by atoms with Crippen LogP contribution in [0.3, 0.4) is 0 Å². The molecule has 0 aliphatic rings. The highest BCUT2D eigenvalue weighted by Gasteiger charge is 2.20. The fourth-order valence-electron chi connectivity index (χ4n) is 2.25. The maximum Gasteiger partial charge on any atom is 0.277 e. The molecule has 3 aromatic heterocycles. The highest BCUT2D eigenvalue weighted by molar-refractivity contribution is 7.99. The summed E-state index contributed by atoms with van der Waals surface area (Å²) in [6, 6.07) is 11.9. The number of aromatic nitrogens is 4. The van der Waals surface area contributed by atoms with Crippen LogP contribution in [-0.4, -0.2) is 20.4 Å². The van der Waals surface area contributed by atoms with Gasteiger partial charge in [0.05, 0.1) is 10.1 Å². The number of thioether (sulfide) groups is 1. The molecule has 4 rings (SSSR count). The van der Waals surface area contributed by atoms with Crippen molar-refractivity contribution in [1.82, 2.24) is 20.4 Å². The molecule has 0 saturated carbocycles. The normalized spacial score (nSPS) is 12.4. The van der Waals surface area contributed by atoms with Gasteiger partial charge in [-0.2, -0.15) is 0 Å². The predicted octanol–water partition coefficient (Wildman–Crippen LogP) is 5.01. The van der Waals surface area contributed by atoms with Gasteiger partial charge in [0.1, 0.15) is 0 Å². The molecular weight excluding hydrogens is 356 g/mol. The minimum atomic E-state index is -0.0907. The maximum atomic E-state index is 5.75. The summed E-state index contributed by atoms with van der Waals surface area (Å²) < 4.78 is 11.5. The van der Waals surface area contributed by atoms with E-state index in [4.69, 9.17) is 8.83 Å². The average molecular weight is 370 g/mol. The Kier molecular flexibility index (Phi) is 4.37. The van der Waals surface area contributed by atoms with Crippen LogP contribution >= 0.6 is 23.1 Å². The van der Waals surface area contributed by atoms with Gasteiger partial charge in [0.2, 0.25) is 11.8 Å². The molecule has 0 amide bonds. The molecule has 0 aliphatic heterocycles. The second kappa shape index (κ2) is 6.81. The summed E-state index contributed by atoms with van der Waals surface area (Å²) in [5.74, 6) is 1.57. The van der Waals surface area contributed by atoms with Crippen molar-refractivity contribution < 1.29 is 8.83 Å². The lowest BCUT2D eigenvalue weighted by molar-refractivity contribution is 0.461. The molecule has 0 aliphatic carbocycles. The van der Waals surface area contributed by atoms with Gasteiger partial charge in [-0.1, -0.05) is 35.5 Å². The fourth-order valence-corrected chi connectivity index (χ4v) is 3.61. The minimum absolute atomic E-state index is 0.0907. The third-order valence-corrected chi connectivity index (χ3v) is 5.25. The van der Waals surface area contributed by atoms with Gasteiger partial charge in [0, 0.05) is 5.56 Å². The Morgan fingerprint density at radius 3 is 2.68 bits per heavy atom. The minimum Gasteiger partial charge on any atom is -0.419 e. The van der Waals surface area contributed by atoms with Crippen molar-refractivity contribution in [3.05, 3.63) is 53.2 Å². The smallest absolute Gasteiger partial charge is 0.277 e. The number of hydrogen-bond acceptors (Lipinski definition) is 8. The van der Waals surface area contributed by atoms with Crippen LogP contribution in [-0.2, 0) is 0 Å². The van der Waals surface area contributed by atoms with Gasteiger partial charge in [-0.05, 0) is 37.4 Å². The first-order valence-electron chi connectivity index (χ1n) is 7.63. The number of hydrogen-bond donors (Lipinski definition) is 0. The van der Waals surface area contributed by atoms with Gasteiger partial charge in [0.15, 0.2) is 0 Å². The number of benzene rings is 1. The Hall–Kier alpha value is -2.45. The van der Waals surface area contributed by atoms with Crippen LogP contribution in [0.4, 0.5) is 0 Å². The first-order valence-corrected chi connectivity index (χ1v) is 9.39. The van der Waals surface area contributed by atoms with Gasteiger partial charge in [-0.3, -0.25) is 0 Å². The van der Waals surface area contributed by atoms with Crippen molar-refractivity contribution in [1.29, 1.82) is 0 Å². The monoisotopic (exact) mass is 370 g/mol.